The van der Waals surface area contributed by atoms with E-state index in [0.717, 1.165) is 16.9 Å². The molecule has 0 saturated carbocycles. The van der Waals surface area contributed by atoms with Crippen molar-refractivity contribution in [1.29, 1.82) is 0 Å². The van der Waals surface area contributed by atoms with Crippen LogP contribution in [0.1, 0.15) is 71.4 Å². The summed E-state index contributed by atoms with van der Waals surface area (Å²) in [4.78, 5) is 40.4. The third kappa shape index (κ3) is 9.33. The molecule has 2 amide bonds. The number of anilines is 2. The van der Waals surface area contributed by atoms with E-state index < -0.39 is 17.6 Å². The number of carbonyl (C=O) groups is 2. The Morgan fingerprint density at radius 1 is 1.02 bits per heavy atom. The van der Waals surface area contributed by atoms with Gasteiger partial charge in [0, 0.05) is 24.5 Å². The fourth-order valence-corrected chi connectivity index (χ4v) is 4.62. The molecule has 0 fully saturated rings. The average molecular weight is 649 g/mol. The molecule has 3 rings (SSSR count). The minimum absolute atomic E-state index is 0.0676. The number of ether oxygens (including phenoxy) is 4. The minimum Gasteiger partial charge on any atom is -0.479 e. The van der Waals surface area contributed by atoms with Gasteiger partial charge in [-0.15, -0.1) is 0 Å². The van der Waals surface area contributed by atoms with E-state index in [-0.39, 0.29) is 45.7 Å². The number of amides is 2. The normalized spacial score (nSPS) is 11.6. The predicted octanol–water partition coefficient (Wildman–Crippen LogP) is 7.00. The molecule has 0 aliphatic rings. The summed E-state index contributed by atoms with van der Waals surface area (Å²) in [5, 5.41) is 8.03. The maximum absolute atomic E-state index is 13.1. The molecule has 2 heterocycles. The van der Waals surface area contributed by atoms with Crippen LogP contribution in [0.2, 0.25) is 5.02 Å². The van der Waals surface area contributed by atoms with Gasteiger partial charge in [-0.3, -0.25) is 4.79 Å². The number of halogens is 1. The van der Waals surface area contributed by atoms with Gasteiger partial charge in [0.2, 0.25) is 17.7 Å². The monoisotopic (exact) mass is 648 g/mol. The number of thiazole rings is 1. The molecule has 1 aromatic carbocycles. The van der Waals surface area contributed by atoms with Crippen molar-refractivity contribution in [3.05, 3.63) is 39.9 Å². The lowest BCUT2D eigenvalue weighted by molar-refractivity contribution is 0.0200. The molecule has 2 aromatic heterocycles. The summed E-state index contributed by atoms with van der Waals surface area (Å²) in [5.74, 6) is 0.221. The molecular formula is C30H41ClN6O6S. The van der Waals surface area contributed by atoms with Crippen LogP contribution >= 0.6 is 22.9 Å². The zero-order valence-corrected chi connectivity index (χ0v) is 28.4. The summed E-state index contributed by atoms with van der Waals surface area (Å²) in [6.07, 6.45) is -0.416. The van der Waals surface area contributed by atoms with Gasteiger partial charge in [0.05, 0.1) is 19.2 Å². The summed E-state index contributed by atoms with van der Waals surface area (Å²) < 4.78 is 22.3. The average Bonchev–Trinajstić information content (AvgIpc) is 3.39. The summed E-state index contributed by atoms with van der Waals surface area (Å²) >= 11 is 7.51. The Bertz CT molecular complexity index is 1440. The summed E-state index contributed by atoms with van der Waals surface area (Å²) in [7, 11) is 2.82. The van der Waals surface area contributed by atoms with E-state index in [2.05, 4.69) is 46.4 Å². The Morgan fingerprint density at radius 3 is 2.20 bits per heavy atom. The molecule has 0 aliphatic carbocycles. The number of benzene rings is 1. The quantitative estimate of drug-likeness (QED) is 0.223. The third-order valence-corrected chi connectivity index (χ3v) is 7.09. The van der Waals surface area contributed by atoms with Gasteiger partial charge >= 0.3 is 6.09 Å². The SMILES string of the molecule is COc1nc(NCCN(C(=O)OC(C)(C)C)C(C)C)nc(OC)c1NC(=O)c1csc(Oc2cc(C(C)(C)C)ccc2Cl)n1. The van der Waals surface area contributed by atoms with Crippen LogP contribution in [0.4, 0.5) is 16.4 Å². The molecule has 12 nitrogen and oxygen atoms in total. The lowest BCUT2D eigenvalue weighted by Crippen LogP contribution is -2.43. The molecule has 3 aromatic rings. The number of aromatic nitrogens is 3. The third-order valence-electron chi connectivity index (χ3n) is 6.07. The van der Waals surface area contributed by atoms with Gasteiger partial charge in [-0.2, -0.15) is 15.0 Å². The standard InChI is InChI=1S/C30H41ClN6O6S/c1-17(2)37(28(39)43-30(6,7)8)14-13-32-26-35-24(40-9)22(25(36-26)41-10)34-23(38)20-16-44-27(33-20)42-21-15-18(29(3,4)5)11-12-19(21)31/h11-12,15-17H,13-14H2,1-10H3,(H,34,38)(H,32,35,36). The second-order valence-electron chi connectivity index (χ2n) is 12.1. The van der Waals surface area contributed by atoms with Crippen molar-refractivity contribution < 1.29 is 28.5 Å². The highest BCUT2D eigenvalue weighted by Gasteiger charge is 2.25. The number of methoxy groups -OCH3 is 2. The van der Waals surface area contributed by atoms with E-state index in [1.165, 1.54) is 14.2 Å². The smallest absolute Gasteiger partial charge is 0.410 e. The highest BCUT2D eigenvalue weighted by Crippen LogP contribution is 2.36. The minimum atomic E-state index is -0.610. The highest BCUT2D eigenvalue weighted by molar-refractivity contribution is 7.11. The number of nitrogens with one attached hydrogen (secondary N) is 2. The molecule has 2 N–H and O–H groups in total. The first-order valence-electron chi connectivity index (χ1n) is 14.0. The molecule has 0 radical (unpaired) electrons. The first-order valence-corrected chi connectivity index (χ1v) is 15.3. The van der Waals surface area contributed by atoms with Crippen molar-refractivity contribution in [2.45, 2.75) is 72.4 Å². The van der Waals surface area contributed by atoms with E-state index in [9.17, 15) is 9.59 Å². The maximum atomic E-state index is 13.1. The van der Waals surface area contributed by atoms with Crippen LogP contribution in [0.5, 0.6) is 22.7 Å². The van der Waals surface area contributed by atoms with E-state index >= 15 is 0 Å². The Labute approximate surface area is 267 Å². The summed E-state index contributed by atoms with van der Waals surface area (Å²) in [6, 6.07) is 5.50. The molecule has 0 unspecified atom stereocenters. The lowest BCUT2D eigenvalue weighted by Gasteiger charge is -2.30. The van der Waals surface area contributed by atoms with Gasteiger partial charge in [-0.1, -0.05) is 49.8 Å². The predicted molar refractivity (Wildman–Crippen MR) is 172 cm³/mol. The molecule has 0 saturated heterocycles. The second kappa shape index (κ2) is 14.3. The van der Waals surface area contributed by atoms with E-state index in [1.807, 2.05) is 46.8 Å². The molecule has 0 aliphatic heterocycles. The number of rotatable bonds is 11. The summed E-state index contributed by atoms with van der Waals surface area (Å²) in [5.41, 5.74) is 0.565. The van der Waals surface area contributed by atoms with Crippen molar-refractivity contribution in [3.8, 4) is 22.7 Å². The molecule has 14 heteroatoms. The van der Waals surface area contributed by atoms with Crippen molar-refractivity contribution in [3.63, 3.8) is 0 Å². The zero-order chi connectivity index (χ0) is 32.8. The molecule has 0 spiro atoms. The Morgan fingerprint density at radius 2 is 1.66 bits per heavy atom. The zero-order valence-electron chi connectivity index (χ0n) is 26.8. The van der Waals surface area contributed by atoms with Crippen LogP contribution in [0.3, 0.4) is 0 Å². The van der Waals surface area contributed by atoms with Gasteiger partial charge in [0.25, 0.3) is 11.1 Å². The molecule has 44 heavy (non-hydrogen) atoms. The van der Waals surface area contributed by atoms with Gasteiger partial charge in [0.1, 0.15) is 17.0 Å². The molecular weight excluding hydrogens is 608 g/mol. The second-order valence-corrected chi connectivity index (χ2v) is 13.3. The van der Waals surface area contributed by atoms with Crippen molar-refractivity contribution in [1.82, 2.24) is 19.9 Å². The van der Waals surface area contributed by atoms with Crippen molar-refractivity contribution in [2.24, 2.45) is 0 Å². The number of carbonyl (C=O) groups excluding carboxylic acids is 2. The summed E-state index contributed by atoms with van der Waals surface area (Å²) in [6.45, 7) is 16.2. The van der Waals surface area contributed by atoms with Crippen LogP contribution in [0.15, 0.2) is 23.6 Å². The van der Waals surface area contributed by atoms with Crippen LogP contribution < -0.4 is 24.8 Å². The van der Waals surface area contributed by atoms with Gasteiger partial charge in [-0.25, -0.2) is 4.79 Å². The first kappa shape index (κ1) is 34.6. The number of nitrogens with zero attached hydrogens (tertiary/aromatic N) is 4. The van der Waals surface area contributed by atoms with E-state index in [4.69, 9.17) is 30.5 Å². The van der Waals surface area contributed by atoms with Crippen molar-refractivity contribution >= 4 is 46.6 Å². The van der Waals surface area contributed by atoms with Crippen LogP contribution in [-0.2, 0) is 10.2 Å². The van der Waals surface area contributed by atoms with E-state index in [1.54, 1.807) is 16.3 Å². The maximum Gasteiger partial charge on any atom is 0.410 e. The Kier molecular flexibility index (Phi) is 11.3. The Balaban J connectivity index is 1.72. The van der Waals surface area contributed by atoms with Crippen LogP contribution in [0.25, 0.3) is 0 Å². The first-order chi connectivity index (χ1) is 20.5. The van der Waals surface area contributed by atoms with Gasteiger partial charge < -0.3 is 34.5 Å². The van der Waals surface area contributed by atoms with Crippen molar-refractivity contribution in [2.75, 3.05) is 37.9 Å². The molecule has 0 atom stereocenters. The van der Waals surface area contributed by atoms with Gasteiger partial charge in [-0.05, 0) is 57.7 Å². The molecule has 240 valence electrons. The molecule has 0 bridgehead atoms. The fraction of sp³-hybridized carbons (Fsp3) is 0.500. The van der Waals surface area contributed by atoms with Gasteiger partial charge in [0.15, 0.2) is 5.69 Å². The van der Waals surface area contributed by atoms with Crippen LogP contribution in [0, 0.1) is 0 Å². The number of hydrogen-bond donors (Lipinski definition) is 2. The topological polar surface area (TPSA) is 137 Å². The largest absolute Gasteiger partial charge is 0.479 e. The highest BCUT2D eigenvalue weighted by atomic mass is 35.5. The van der Waals surface area contributed by atoms with Crippen LogP contribution in [-0.4, -0.2) is 70.8 Å². The number of hydrogen-bond acceptors (Lipinski definition) is 11. The fourth-order valence-electron chi connectivity index (χ4n) is 3.80. The Hall–Kier alpha value is -3.84. The van der Waals surface area contributed by atoms with E-state index in [0.29, 0.717) is 23.9 Å². The lowest BCUT2D eigenvalue weighted by atomic mass is 9.87.